The Kier molecular flexibility index (Phi) is 5.75. The number of aromatic carboxylic acids is 1. The molecular formula is C23H23ClN4O3. The number of nitriles is 1. The predicted molar refractivity (Wildman–Crippen MR) is 120 cm³/mol. The Balaban J connectivity index is 2.00. The van der Waals surface area contributed by atoms with Crippen molar-refractivity contribution in [2.24, 2.45) is 5.92 Å². The summed E-state index contributed by atoms with van der Waals surface area (Å²) in [6, 6.07) is 11.0. The molecule has 160 valence electrons. The lowest BCUT2D eigenvalue weighted by Gasteiger charge is -2.35. The molecule has 1 aliphatic rings. The van der Waals surface area contributed by atoms with E-state index in [1.807, 2.05) is 22.8 Å². The maximum atomic E-state index is 13.0. The lowest BCUT2D eigenvalue weighted by Crippen LogP contribution is -2.37. The van der Waals surface area contributed by atoms with E-state index in [0.29, 0.717) is 34.3 Å². The summed E-state index contributed by atoms with van der Waals surface area (Å²) in [5.74, 6) is -0.0872. The number of hydrogen-bond acceptors (Lipinski definition) is 4. The van der Waals surface area contributed by atoms with Gasteiger partial charge in [0.2, 0.25) is 0 Å². The van der Waals surface area contributed by atoms with Gasteiger partial charge in [-0.05, 0) is 36.5 Å². The molecule has 31 heavy (non-hydrogen) atoms. The Bertz CT molecular complexity index is 1250. The van der Waals surface area contributed by atoms with Gasteiger partial charge >= 0.3 is 5.97 Å². The zero-order chi connectivity index (χ0) is 22.1. The number of rotatable bonds is 5. The van der Waals surface area contributed by atoms with Crippen molar-refractivity contribution in [2.75, 3.05) is 18.0 Å². The summed E-state index contributed by atoms with van der Waals surface area (Å²) < 4.78 is 1.82. The fourth-order valence-electron chi connectivity index (χ4n) is 4.47. The predicted octanol–water partition coefficient (Wildman–Crippen LogP) is 4.23. The van der Waals surface area contributed by atoms with E-state index >= 15 is 0 Å². The van der Waals surface area contributed by atoms with Crippen LogP contribution >= 0.6 is 11.6 Å². The van der Waals surface area contributed by atoms with Gasteiger partial charge in [0.1, 0.15) is 28.7 Å². The number of carboxylic acids is 1. The molecule has 7 nitrogen and oxygen atoms in total. The zero-order valence-corrected chi connectivity index (χ0v) is 17.9. The highest BCUT2D eigenvalue weighted by Crippen LogP contribution is 2.35. The molecule has 0 bridgehead atoms. The summed E-state index contributed by atoms with van der Waals surface area (Å²) in [5.41, 5.74) is 0.661. The van der Waals surface area contributed by atoms with Crippen molar-refractivity contribution in [3.8, 4) is 6.07 Å². The largest absolute Gasteiger partial charge is 0.477 e. The molecule has 1 aliphatic heterocycles. The van der Waals surface area contributed by atoms with Crippen LogP contribution in [0.2, 0.25) is 5.02 Å². The SMILES string of the molecule is CC[C@@H]1CCCN(c2c(C#N)c3cc(C(=O)O)[nH]c(=O)c3n2Cc2ccccc2Cl)C1. The van der Waals surface area contributed by atoms with E-state index in [9.17, 15) is 20.0 Å². The third-order valence-corrected chi connectivity index (χ3v) is 6.42. The Labute approximate surface area is 184 Å². The van der Waals surface area contributed by atoms with Crippen LogP contribution in [0.15, 0.2) is 35.1 Å². The van der Waals surface area contributed by atoms with Crippen molar-refractivity contribution in [1.82, 2.24) is 9.55 Å². The van der Waals surface area contributed by atoms with Crippen molar-refractivity contribution in [3.63, 3.8) is 0 Å². The molecule has 3 heterocycles. The van der Waals surface area contributed by atoms with Crippen molar-refractivity contribution < 1.29 is 9.90 Å². The highest BCUT2D eigenvalue weighted by Gasteiger charge is 2.28. The van der Waals surface area contributed by atoms with Crippen LogP contribution < -0.4 is 10.5 Å². The van der Waals surface area contributed by atoms with Gasteiger partial charge < -0.3 is 19.6 Å². The van der Waals surface area contributed by atoms with Crippen molar-refractivity contribution in [2.45, 2.75) is 32.7 Å². The number of pyridine rings is 1. The topological polar surface area (TPSA) is 102 Å². The summed E-state index contributed by atoms with van der Waals surface area (Å²) >= 11 is 6.40. The minimum absolute atomic E-state index is 0.236. The molecule has 0 radical (unpaired) electrons. The first-order chi connectivity index (χ1) is 14.9. The van der Waals surface area contributed by atoms with Gasteiger partial charge in [-0.2, -0.15) is 5.26 Å². The second-order valence-electron chi connectivity index (χ2n) is 7.93. The molecule has 2 N–H and O–H groups in total. The number of aromatic amines is 1. The van der Waals surface area contributed by atoms with Crippen LogP contribution in [0.5, 0.6) is 0 Å². The Morgan fingerprint density at radius 2 is 2.16 bits per heavy atom. The van der Waals surface area contributed by atoms with Gasteiger partial charge in [0.25, 0.3) is 5.56 Å². The molecule has 1 aromatic carbocycles. The van der Waals surface area contributed by atoms with Crippen molar-refractivity contribution in [1.29, 1.82) is 5.26 Å². The van der Waals surface area contributed by atoms with Crippen LogP contribution in [0.1, 0.15) is 47.8 Å². The van der Waals surface area contributed by atoms with E-state index in [-0.39, 0.29) is 11.2 Å². The number of nitrogens with zero attached hydrogens (tertiary/aromatic N) is 3. The average Bonchev–Trinajstić information content (AvgIpc) is 3.09. The number of nitrogens with one attached hydrogen (secondary N) is 1. The molecule has 8 heteroatoms. The van der Waals surface area contributed by atoms with Crippen molar-refractivity contribution in [3.05, 3.63) is 62.5 Å². The van der Waals surface area contributed by atoms with Crippen LogP contribution in [0.25, 0.3) is 10.9 Å². The summed E-state index contributed by atoms with van der Waals surface area (Å²) in [5, 5.41) is 20.4. The molecule has 0 saturated carbocycles. The summed E-state index contributed by atoms with van der Waals surface area (Å²) in [7, 11) is 0. The maximum absolute atomic E-state index is 13.0. The normalized spacial score (nSPS) is 16.4. The van der Waals surface area contributed by atoms with Crippen LogP contribution in [0, 0.1) is 17.2 Å². The van der Waals surface area contributed by atoms with E-state index in [1.54, 1.807) is 6.07 Å². The standard InChI is InChI=1S/C23H23ClN4O3/c1-2-14-6-5-9-27(12-14)22-17(11-25)16-10-19(23(30)31)26-21(29)20(16)28(22)13-15-7-3-4-8-18(15)24/h3-4,7-8,10,14H,2,5-6,9,12-13H2,1H3,(H,26,29)(H,30,31)/t14-/m1/s1. The fourth-order valence-corrected chi connectivity index (χ4v) is 4.66. The molecule has 1 saturated heterocycles. The van der Waals surface area contributed by atoms with Crippen molar-refractivity contribution >= 4 is 34.3 Å². The van der Waals surface area contributed by atoms with Gasteiger partial charge in [-0.3, -0.25) is 4.79 Å². The van der Waals surface area contributed by atoms with Gasteiger partial charge in [-0.25, -0.2) is 4.79 Å². The van der Waals surface area contributed by atoms with Gasteiger partial charge in [0.15, 0.2) is 0 Å². The number of fused-ring (bicyclic) bond motifs is 1. The molecule has 0 unspecified atom stereocenters. The molecule has 0 spiro atoms. The third-order valence-electron chi connectivity index (χ3n) is 6.05. The van der Waals surface area contributed by atoms with Crippen LogP contribution in [-0.2, 0) is 6.54 Å². The average molecular weight is 439 g/mol. The Morgan fingerprint density at radius 3 is 2.84 bits per heavy atom. The zero-order valence-electron chi connectivity index (χ0n) is 17.2. The van der Waals surface area contributed by atoms with E-state index in [2.05, 4.69) is 22.9 Å². The number of hydrogen-bond donors (Lipinski definition) is 2. The second kappa shape index (κ2) is 8.48. The summed E-state index contributed by atoms with van der Waals surface area (Å²) in [6.45, 7) is 4.01. The Hall–Kier alpha value is -3.24. The number of anilines is 1. The quantitative estimate of drug-likeness (QED) is 0.620. The van der Waals surface area contributed by atoms with Gasteiger partial charge in [0.05, 0.1) is 6.54 Å². The fraction of sp³-hybridized carbons (Fsp3) is 0.348. The Morgan fingerprint density at radius 1 is 1.39 bits per heavy atom. The smallest absolute Gasteiger partial charge is 0.352 e. The third kappa shape index (κ3) is 3.79. The molecule has 0 amide bonds. The van der Waals surface area contributed by atoms with Gasteiger partial charge in [-0.15, -0.1) is 0 Å². The first-order valence-electron chi connectivity index (χ1n) is 10.4. The number of H-pyrrole nitrogens is 1. The summed E-state index contributed by atoms with van der Waals surface area (Å²) in [6.07, 6.45) is 3.16. The molecular weight excluding hydrogens is 416 g/mol. The summed E-state index contributed by atoms with van der Waals surface area (Å²) in [4.78, 5) is 29.1. The number of carboxylic acid groups (broad SMARTS) is 1. The number of carbonyl (C=O) groups is 1. The molecule has 1 atom stereocenters. The molecule has 3 aromatic rings. The highest BCUT2D eigenvalue weighted by atomic mass is 35.5. The van der Waals surface area contributed by atoms with E-state index in [4.69, 9.17) is 11.6 Å². The van der Waals surface area contributed by atoms with E-state index in [1.165, 1.54) is 6.07 Å². The monoisotopic (exact) mass is 438 g/mol. The van der Waals surface area contributed by atoms with Crippen LogP contribution in [0.3, 0.4) is 0 Å². The highest BCUT2D eigenvalue weighted by molar-refractivity contribution is 6.31. The number of halogens is 1. The van der Waals surface area contributed by atoms with Crippen LogP contribution in [-0.4, -0.2) is 33.7 Å². The van der Waals surface area contributed by atoms with Crippen LogP contribution in [0.4, 0.5) is 5.82 Å². The molecule has 1 fully saturated rings. The molecule has 4 rings (SSSR count). The lowest BCUT2D eigenvalue weighted by atomic mass is 9.95. The number of aromatic nitrogens is 2. The second-order valence-corrected chi connectivity index (χ2v) is 8.34. The molecule has 0 aliphatic carbocycles. The first kappa shape index (κ1) is 21.0. The van der Waals surface area contributed by atoms with E-state index < -0.39 is 11.5 Å². The van der Waals surface area contributed by atoms with Gasteiger partial charge in [-0.1, -0.05) is 43.1 Å². The number of benzene rings is 1. The maximum Gasteiger partial charge on any atom is 0.352 e. The molecule has 2 aromatic heterocycles. The minimum Gasteiger partial charge on any atom is -0.477 e. The van der Waals surface area contributed by atoms with Gasteiger partial charge in [0, 0.05) is 23.5 Å². The number of piperidine rings is 1. The first-order valence-corrected chi connectivity index (χ1v) is 10.7. The lowest BCUT2D eigenvalue weighted by molar-refractivity contribution is 0.0690. The minimum atomic E-state index is -1.24. The van der Waals surface area contributed by atoms with E-state index in [0.717, 1.165) is 37.9 Å².